The maximum Gasteiger partial charge on any atom is 0.332 e. The van der Waals surface area contributed by atoms with E-state index < -0.39 is 72.0 Å². The van der Waals surface area contributed by atoms with Crippen LogP contribution in [0.25, 0.3) is 0 Å². The third kappa shape index (κ3) is 6.75. The number of carbonyl (C=O) groups excluding carboxylic acids is 4. The van der Waals surface area contributed by atoms with Gasteiger partial charge in [-0.25, -0.2) is 9.78 Å². The summed E-state index contributed by atoms with van der Waals surface area (Å²) >= 11 is 0. The van der Waals surface area contributed by atoms with Crippen molar-refractivity contribution >= 4 is 23.8 Å². The first-order chi connectivity index (χ1) is 17.6. The molecule has 1 aromatic carbocycles. The van der Waals surface area contributed by atoms with Crippen LogP contribution in [-0.2, 0) is 35.0 Å². The third-order valence-electron chi connectivity index (χ3n) is 5.79. The molecule has 0 aliphatic carbocycles. The summed E-state index contributed by atoms with van der Waals surface area (Å²) in [5.41, 5.74) is 0.398. The lowest BCUT2D eigenvalue weighted by atomic mass is 9.91. The van der Waals surface area contributed by atoms with E-state index in [4.69, 9.17) is 18.9 Å². The van der Waals surface area contributed by atoms with Gasteiger partial charge in [0.2, 0.25) is 0 Å². The van der Waals surface area contributed by atoms with Crippen molar-refractivity contribution in [1.82, 2.24) is 10.3 Å². The first-order valence-electron chi connectivity index (χ1n) is 11.8. The highest BCUT2D eigenvalue weighted by Gasteiger charge is 2.42. The molecule has 0 spiro atoms. The highest BCUT2D eigenvalue weighted by Crippen LogP contribution is 2.28. The largest absolute Gasteiger partial charge is 0.503 e. The average molecular weight is 515 g/mol. The van der Waals surface area contributed by atoms with E-state index in [0.717, 1.165) is 5.56 Å². The van der Waals surface area contributed by atoms with Crippen LogP contribution in [0.1, 0.15) is 36.8 Å². The van der Waals surface area contributed by atoms with Gasteiger partial charge in [-0.05, 0) is 18.9 Å². The number of aromatic hydroxyl groups is 1. The number of pyridine rings is 1. The minimum Gasteiger partial charge on any atom is -0.503 e. The second kappa shape index (κ2) is 12.2. The number of carbonyl (C=O) groups is 4. The van der Waals surface area contributed by atoms with Gasteiger partial charge in [-0.1, -0.05) is 44.2 Å². The normalized spacial score (nSPS) is 22.1. The second-order valence-electron chi connectivity index (χ2n) is 8.86. The molecule has 2 aromatic rings. The molecule has 0 bridgehead atoms. The van der Waals surface area contributed by atoms with Gasteiger partial charge in [0.05, 0.1) is 13.0 Å². The SMILES string of the molecule is COc1ccnc(C(=O)NC2COC(=O)[C@H](Cc3ccccc3)C(OC(=O)C(C)C)[C@H](C)OC2=O)c1O. The highest BCUT2D eigenvalue weighted by molar-refractivity contribution is 5.98. The van der Waals surface area contributed by atoms with Crippen LogP contribution in [0.5, 0.6) is 11.5 Å². The summed E-state index contributed by atoms with van der Waals surface area (Å²) in [7, 11) is 1.31. The summed E-state index contributed by atoms with van der Waals surface area (Å²) in [6.07, 6.45) is -0.766. The summed E-state index contributed by atoms with van der Waals surface area (Å²) < 4.78 is 21.5. The summed E-state index contributed by atoms with van der Waals surface area (Å²) in [5.74, 6) is -5.10. The Balaban J connectivity index is 1.87. The molecular weight excluding hydrogens is 484 g/mol. The number of nitrogens with one attached hydrogen (secondary N) is 1. The molecule has 1 aliphatic heterocycles. The number of aromatic nitrogens is 1. The minimum absolute atomic E-state index is 0.0100. The molecule has 0 radical (unpaired) electrons. The van der Waals surface area contributed by atoms with Crippen LogP contribution >= 0.6 is 0 Å². The fourth-order valence-electron chi connectivity index (χ4n) is 3.74. The van der Waals surface area contributed by atoms with E-state index in [1.54, 1.807) is 13.8 Å². The van der Waals surface area contributed by atoms with Crippen molar-refractivity contribution in [2.75, 3.05) is 13.7 Å². The predicted molar refractivity (Wildman–Crippen MR) is 129 cm³/mol. The van der Waals surface area contributed by atoms with E-state index in [-0.39, 0.29) is 12.2 Å². The van der Waals surface area contributed by atoms with Crippen molar-refractivity contribution in [1.29, 1.82) is 0 Å². The molecule has 37 heavy (non-hydrogen) atoms. The minimum atomic E-state index is -1.41. The van der Waals surface area contributed by atoms with Gasteiger partial charge >= 0.3 is 17.9 Å². The number of cyclic esters (lactones) is 2. The van der Waals surface area contributed by atoms with Gasteiger partial charge in [-0.2, -0.15) is 0 Å². The topological polar surface area (TPSA) is 150 Å². The molecule has 0 saturated carbocycles. The lowest BCUT2D eigenvalue weighted by molar-refractivity contribution is -0.176. The van der Waals surface area contributed by atoms with Gasteiger partial charge in [0.1, 0.15) is 18.6 Å². The molecule has 1 fully saturated rings. The molecular formula is C26H30N2O9. The zero-order valence-electron chi connectivity index (χ0n) is 21.0. The smallest absolute Gasteiger partial charge is 0.332 e. The van der Waals surface area contributed by atoms with Crippen LogP contribution in [0.2, 0.25) is 0 Å². The summed E-state index contributed by atoms with van der Waals surface area (Å²) in [5, 5.41) is 12.6. The Morgan fingerprint density at radius 1 is 1.16 bits per heavy atom. The standard InChI is InChI=1S/C26H30N2O9/c1-14(2)24(31)37-22-15(3)36-26(33)18(28-23(30)20-21(29)19(34-4)10-11-27-20)13-35-25(32)17(22)12-16-8-6-5-7-9-16/h5-11,14-15,17-18,22,29H,12-13H2,1-4H3,(H,28,30)/t15-,17+,18?,22?/m0/s1. The van der Waals surface area contributed by atoms with Gasteiger partial charge in [0, 0.05) is 12.3 Å². The van der Waals surface area contributed by atoms with Gasteiger partial charge < -0.3 is 29.4 Å². The fraction of sp³-hybridized carbons (Fsp3) is 0.423. The third-order valence-corrected chi connectivity index (χ3v) is 5.79. The zero-order valence-corrected chi connectivity index (χ0v) is 21.0. The van der Waals surface area contributed by atoms with Gasteiger partial charge in [-0.15, -0.1) is 0 Å². The second-order valence-corrected chi connectivity index (χ2v) is 8.86. The zero-order chi connectivity index (χ0) is 27.1. The number of amides is 1. The maximum atomic E-state index is 13.2. The molecule has 1 aliphatic rings. The fourth-order valence-corrected chi connectivity index (χ4v) is 3.74. The van der Waals surface area contributed by atoms with Crippen molar-refractivity contribution in [3.05, 3.63) is 53.9 Å². The molecule has 1 aromatic heterocycles. The summed E-state index contributed by atoms with van der Waals surface area (Å²) in [4.78, 5) is 55.3. The maximum absolute atomic E-state index is 13.2. The molecule has 1 amide bonds. The number of ether oxygens (including phenoxy) is 4. The molecule has 3 rings (SSSR count). The number of rotatable bonds is 7. The van der Waals surface area contributed by atoms with Gasteiger partial charge in [-0.3, -0.25) is 14.4 Å². The first kappa shape index (κ1) is 27.4. The Bertz CT molecular complexity index is 1140. The lowest BCUT2D eigenvalue weighted by Crippen LogP contribution is -2.47. The Morgan fingerprint density at radius 3 is 2.51 bits per heavy atom. The quantitative estimate of drug-likeness (QED) is 0.414. The Labute approximate surface area is 214 Å². The van der Waals surface area contributed by atoms with Gasteiger partial charge in [0.15, 0.2) is 29.3 Å². The Hall–Kier alpha value is -4.15. The van der Waals surface area contributed by atoms with E-state index >= 15 is 0 Å². The van der Waals surface area contributed by atoms with Gasteiger partial charge in [0.25, 0.3) is 5.91 Å². The summed E-state index contributed by atoms with van der Waals surface area (Å²) in [6, 6.07) is 9.01. The predicted octanol–water partition coefficient (Wildman–Crippen LogP) is 1.81. The van der Waals surface area contributed by atoms with Crippen molar-refractivity contribution in [2.45, 2.75) is 45.4 Å². The average Bonchev–Trinajstić information content (AvgIpc) is 2.91. The van der Waals surface area contributed by atoms with Crippen molar-refractivity contribution in [3.63, 3.8) is 0 Å². The van der Waals surface area contributed by atoms with Crippen LogP contribution in [0.3, 0.4) is 0 Å². The van der Waals surface area contributed by atoms with Crippen LogP contribution < -0.4 is 10.1 Å². The van der Waals surface area contributed by atoms with Crippen LogP contribution in [0.15, 0.2) is 42.6 Å². The lowest BCUT2D eigenvalue weighted by Gasteiger charge is -2.29. The molecule has 2 heterocycles. The number of nitrogens with zero attached hydrogens (tertiary/aromatic N) is 1. The van der Waals surface area contributed by atoms with Crippen molar-refractivity contribution < 1.29 is 43.2 Å². The van der Waals surface area contributed by atoms with Crippen molar-refractivity contribution in [3.8, 4) is 11.5 Å². The highest BCUT2D eigenvalue weighted by atomic mass is 16.6. The van der Waals surface area contributed by atoms with E-state index in [2.05, 4.69) is 10.3 Å². The molecule has 1 saturated heterocycles. The van der Waals surface area contributed by atoms with E-state index in [0.29, 0.717) is 0 Å². The Morgan fingerprint density at radius 2 is 1.86 bits per heavy atom. The molecule has 11 heteroatoms. The van der Waals surface area contributed by atoms with E-state index in [1.165, 1.54) is 26.3 Å². The molecule has 198 valence electrons. The monoisotopic (exact) mass is 514 g/mol. The number of methoxy groups -OCH3 is 1. The van der Waals surface area contributed by atoms with Crippen molar-refractivity contribution in [2.24, 2.45) is 11.8 Å². The van der Waals surface area contributed by atoms with Crippen LogP contribution in [0, 0.1) is 11.8 Å². The summed E-state index contributed by atoms with van der Waals surface area (Å²) in [6.45, 7) is 4.25. The molecule has 11 nitrogen and oxygen atoms in total. The van der Waals surface area contributed by atoms with E-state index in [9.17, 15) is 24.3 Å². The number of esters is 3. The molecule has 4 atom stereocenters. The number of benzene rings is 1. The number of hydrogen-bond acceptors (Lipinski definition) is 10. The molecule has 2 N–H and O–H groups in total. The van der Waals surface area contributed by atoms with E-state index in [1.807, 2.05) is 30.3 Å². The van der Waals surface area contributed by atoms with Crippen LogP contribution in [-0.4, -0.2) is 65.9 Å². The van der Waals surface area contributed by atoms with Crippen LogP contribution in [0.4, 0.5) is 0 Å². The first-order valence-corrected chi connectivity index (χ1v) is 11.8. The Kier molecular flexibility index (Phi) is 9.05. The number of hydrogen-bond donors (Lipinski definition) is 2. The molecule has 2 unspecified atom stereocenters.